The van der Waals surface area contributed by atoms with Crippen molar-refractivity contribution in [3.05, 3.63) is 46.5 Å². The molecule has 13 heavy (non-hydrogen) atoms. The Labute approximate surface area is 82.7 Å². The van der Waals surface area contributed by atoms with Crippen molar-refractivity contribution in [1.29, 1.82) is 0 Å². The lowest BCUT2D eigenvalue weighted by atomic mass is 9.90. The van der Waals surface area contributed by atoms with Gasteiger partial charge in [0, 0.05) is 5.02 Å². The van der Waals surface area contributed by atoms with Gasteiger partial charge in [0.15, 0.2) is 0 Å². The zero-order chi connectivity index (χ0) is 9.26. The van der Waals surface area contributed by atoms with E-state index in [2.05, 4.69) is 6.08 Å². The molecule has 1 aliphatic rings. The second kappa shape index (κ2) is 3.52. The van der Waals surface area contributed by atoms with Gasteiger partial charge in [0.05, 0.1) is 0 Å². The molecular formula is C11H11ClO. The molecule has 1 aromatic rings. The number of aliphatic hydroxyl groups is 1. The van der Waals surface area contributed by atoms with Crippen LogP contribution in [0.2, 0.25) is 5.02 Å². The summed E-state index contributed by atoms with van der Waals surface area (Å²) < 4.78 is 0. The summed E-state index contributed by atoms with van der Waals surface area (Å²) in [5.41, 5.74) is 2.00. The number of aliphatic hydroxyl groups excluding tert-OH is 1. The highest BCUT2D eigenvalue weighted by atomic mass is 35.5. The molecule has 1 atom stereocenters. The van der Waals surface area contributed by atoms with E-state index in [0.29, 0.717) is 5.02 Å². The maximum absolute atomic E-state index is 9.84. The van der Waals surface area contributed by atoms with E-state index in [1.807, 2.05) is 24.3 Å². The van der Waals surface area contributed by atoms with Gasteiger partial charge in [-0.15, -0.1) is 0 Å². The molecule has 0 bridgehead atoms. The molecule has 0 amide bonds. The summed E-state index contributed by atoms with van der Waals surface area (Å²) >= 11 is 5.82. The zero-order valence-electron chi connectivity index (χ0n) is 7.20. The Hall–Kier alpha value is -0.790. The van der Waals surface area contributed by atoms with E-state index in [0.717, 1.165) is 24.0 Å². The first kappa shape index (κ1) is 8.79. The van der Waals surface area contributed by atoms with Gasteiger partial charge in [0.2, 0.25) is 0 Å². The summed E-state index contributed by atoms with van der Waals surface area (Å²) in [4.78, 5) is 0. The van der Waals surface area contributed by atoms with Crippen LogP contribution < -0.4 is 0 Å². The van der Waals surface area contributed by atoms with Gasteiger partial charge in [-0.1, -0.05) is 29.8 Å². The van der Waals surface area contributed by atoms with Gasteiger partial charge in [0.1, 0.15) is 6.10 Å². The summed E-state index contributed by atoms with van der Waals surface area (Å²) in [5, 5.41) is 10.5. The Bertz CT molecular complexity index is 344. The van der Waals surface area contributed by atoms with Gasteiger partial charge in [0.25, 0.3) is 0 Å². The van der Waals surface area contributed by atoms with Crippen LogP contribution in [-0.4, -0.2) is 5.11 Å². The van der Waals surface area contributed by atoms with Crippen LogP contribution in [-0.2, 0) is 0 Å². The van der Waals surface area contributed by atoms with Crippen molar-refractivity contribution in [3.8, 4) is 0 Å². The average molecular weight is 195 g/mol. The number of hydrogen-bond donors (Lipinski definition) is 1. The third kappa shape index (κ3) is 1.77. The molecule has 0 saturated carbocycles. The van der Waals surface area contributed by atoms with E-state index in [1.165, 1.54) is 0 Å². The van der Waals surface area contributed by atoms with Crippen molar-refractivity contribution in [2.24, 2.45) is 0 Å². The molecule has 0 heterocycles. The lowest BCUT2D eigenvalue weighted by Gasteiger charge is -2.20. The molecule has 1 nitrogen and oxygen atoms in total. The van der Waals surface area contributed by atoms with Crippen LogP contribution in [0.1, 0.15) is 24.5 Å². The monoisotopic (exact) mass is 194 g/mol. The first-order valence-corrected chi connectivity index (χ1v) is 4.77. The molecule has 0 fully saturated rings. The Morgan fingerprint density at radius 1 is 1.38 bits per heavy atom. The molecule has 1 N–H and O–H groups in total. The Kier molecular flexibility index (Phi) is 2.38. The molecule has 0 spiro atoms. The third-order valence-electron chi connectivity index (χ3n) is 2.36. The number of allylic oxidation sites excluding steroid dienone is 1. The van der Waals surface area contributed by atoms with E-state index in [1.54, 1.807) is 0 Å². The quantitative estimate of drug-likeness (QED) is 0.718. The molecule has 68 valence electrons. The van der Waals surface area contributed by atoms with E-state index in [9.17, 15) is 5.11 Å². The fourth-order valence-electron chi connectivity index (χ4n) is 1.45. The fraction of sp³-hybridized carbons (Fsp3) is 0.273. The molecule has 0 radical (unpaired) electrons. The Balaban J connectivity index is 2.24. The van der Waals surface area contributed by atoms with Gasteiger partial charge in [-0.25, -0.2) is 0 Å². The van der Waals surface area contributed by atoms with Crippen molar-refractivity contribution in [3.63, 3.8) is 0 Å². The minimum Gasteiger partial charge on any atom is -0.384 e. The predicted molar refractivity (Wildman–Crippen MR) is 53.7 cm³/mol. The van der Waals surface area contributed by atoms with Crippen LogP contribution >= 0.6 is 11.6 Å². The van der Waals surface area contributed by atoms with E-state index in [4.69, 9.17) is 11.6 Å². The fourth-order valence-corrected chi connectivity index (χ4v) is 1.65. The Morgan fingerprint density at radius 2 is 2.15 bits per heavy atom. The summed E-state index contributed by atoms with van der Waals surface area (Å²) in [6, 6.07) is 7.38. The highest BCUT2D eigenvalue weighted by Gasteiger charge is 2.17. The number of halogens is 1. The molecule has 0 aromatic heterocycles. The van der Waals surface area contributed by atoms with Crippen molar-refractivity contribution >= 4 is 11.6 Å². The largest absolute Gasteiger partial charge is 0.384 e. The lowest BCUT2D eigenvalue weighted by molar-refractivity contribution is 0.206. The average Bonchev–Trinajstić information content (AvgIpc) is 2.01. The number of rotatable bonds is 2. The van der Waals surface area contributed by atoms with Gasteiger partial charge in [-0.3, -0.25) is 0 Å². The van der Waals surface area contributed by atoms with Crippen LogP contribution in [0.25, 0.3) is 0 Å². The van der Waals surface area contributed by atoms with Gasteiger partial charge >= 0.3 is 0 Å². The maximum atomic E-state index is 9.84. The summed E-state index contributed by atoms with van der Waals surface area (Å²) in [6.07, 6.45) is 3.72. The summed E-state index contributed by atoms with van der Waals surface area (Å²) in [7, 11) is 0. The van der Waals surface area contributed by atoms with Gasteiger partial charge in [-0.05, 0) is 36.1 Å². The predicted octanol–water partition coefficient (Wildman–Crippen LogP) is 3.09. The molecule has 2 rings (SSSR count). The molecule has 0 saturated heterocycles. The highest BCUT2D eigenvalue weighted by Crippen LogP contribution is 2.32. The van der Waals surface area contributed by atoms with E-state index in [-0.39, 0.29) is 0 Å². The minimum atomic E-state index is -0.451. The molecular weight excluding hydrogens is 184 g/mol. The first-order valence-electron chi connectivity index (χ1n) is 4.40. The molecule has 1 aliphatic carbocycles. The van der Waals surface area contributed by atoms with Crippen LogP contribution in [0, 0.1) is 0 Å². The first-order chi connectivity index (χ1) is 6.27. The smallest absolute Gasteiger partial charge is 0.100 e. The number of hydrogen-bond acceptors (Lipinski definition) is 1. The van der Waals surface area contributed by atoms with Crippen molar-refractivity contribution in [1.82, 2.24) is 0 Å². The summed E-state index contributed by atoms with van der Waals surface area (Å²) in [6.45, 7) is 0. The van der Waals surface area contributed by atoms with E-state index >= 15 is 0 Å². The topological polar surface area (TPSA) is 20.2 Å². The summed E-state index contributed by atoms with van der Waals surface area (Å²) in [5.74, 6) is 0. The van der Waals surface area contributed by atoms with E-state index < -0.39 is 6.10 Å². The Morgan fingerprint density at radius 3 is 2.69 bits per heavy atom. The maximum Gasteiger partial charge on any atom is 0.100 e. The second-order valence-electron chi connectivity index (χ2n) is 3.28. The minimum absolute atomic E-state index is 0.451. The zero-order valence-corrected chi connectivity index (χ0v) is 7.96. The van der Waals surface area contributed by atoms with Crippen LogP contribution in [0.4, 0.5) is 0 Å². The third-order valence-corrected chi connectivity index (χ3v) is 2.59. The molecule has 1 aromatic carbocycles. The van der Waals surface area contributed by atoms with Gasteiger partial charge in [-0.2, -0.15) is 0 Å². The molecule has 0 aliphatic heterocycles. The molecule has 2 heteroatoms. The SMILES string of the molecule is OC(C1=CCC1)c1cccc(Cl)c1. The lowest BCUT2D eigenvalue weighted by Crippen LogP contribution is -2.06. The number of benzene rings is 1. The van der Waals surface area contributed by atoms with Crippen LogP contribution in [0.15, 0.2) is 35.9 Å². The normalized spacial score (nSPS) is 17.5. The van der Waals surface area contributed by atoms with Crippen LogP contribution in [0.3, 0.4) is 0 Å². The molecule has 1 unspecified atom stereocenters. The van der Waals surface area contributed by atoms with Gasteiger partial charge < -0.3 is 5.11 Å². The van der Waals surface area contributed by atoms with Crippen molar-refractivity contribution in [2.45, 2.75) is 18.9 Å². The highest BCUT2D eigenvalue weighted by molar-refractivity contribution is 6.30. The van der Waals surface area contributed by atoms with Crippen molar-refractivity contribution < 1.29 is 5.11 Å². The standard InChI is InChI=1S/C11H11ClO/c12-10-6-2-5-9(7-10)11(13)8-3-1-4-8/h2-3,5-7,11,13H,1,4H2. The van der Waals surface area contributed by atoms with Crippen molar-refractivity contribution in [2.75, 3.05) is 0 Å². The van der Waals surface area contributed by atoms with Crippen LogP contribution in [0.5, 0.6) is 0 Å². The second-order valence-corrected chi connectivity index (χ2v) is 3.71.